The van der Waals surface area contributed by atoms with Crippen LogP contribution in [0.25, 0.3) is 0 Å². The zero-order chi connectivity index (χ0) is 15.0. The van der Waals surface area contributed by atoms with Gasteiger partial charge in [0.1, 0.15) is 6.04 Å². The number of aryl methyl sites for hydroxylation is 1. The second kappa shape index (κ2) is 5.17. The molecule has 2 N–H and O–H groups in total. The molecule has 1 rings (SSSR count). The molecule has 19 heavy (non-hydrogen) atoms. The fourth-order valence-electron chi connectivity index (χ4n) is 1.42. The Balaban J connectivity index is 3.20. The Kier molecular flexibility index (Phi) is 4.37. The average molecular weight is 355 g/mol. The SMILES string of the molecule is Cn1nnc(Br)c1S(=O)(=O)N[C@H](C(=O)O)C(C)(C)C. The van der Waals surface area contributed by atoms with Crippen LogP contribution in [0.3, 0.4) is 0 Å². The molecule has 0 aliphatic rings. The molecule has 0 saturated heterocycles. The molecule has 0 radical (unpaired) electrons. The van der Waals surface area contributed by atoms with Gasteiger partial charge < -0.3 is 5.11 Å². The van der Waals surface area contributed by atoms with Crippen molar-refractivity contribution >= 4 is 31.9 Å². The lowest BCUT2D eigenvalue weighted by atomic mass is 9.88. The van der Waals surface area contributed by atoms with Crippen LogP contribution in [0, 0.1) is 5.41 Å². The molecule has 10 heteroatoms. The Morgan fingerprint density at radius 3 is 2.32 bits per heavy atom. The maximum atomic E-state index is 12.2. The number of sulfonamides is 1. The first-order valence-electron chi connectivity index (χ1n) is 5.27. The number of rotatable bonds is 4. The van der Waals surface area contributed by atoms with Gasteiger partial charge in [0.2, 0.25) is 5.03 Å². The molecule has 1 atom stereocenters. The molecule has 0 bridgehead atoms. The lowest BCUT2D eigenvalue weighted by molar-refractivity contribution is -0.141. The molecule has 8 nitrogen and oxygen atoms in total. The van der Waals surface area contributed by atoms with E-state index in [1.807, 2.05) is 0 Å². The lowest BCUT2D eigenvalue weighted by Crippen LogP contribution is -2.49. The van der Waals surface area contributed by atoms with E-state index in [-0.39, 0.29) is 9.63 Å². The van der Waals surface area contributed by atoms with Gasteiger partial charge in [-0.15, -0.1) is 5.10 Å². The molecule has 1 heterocycles. The highest BCUT2D eigenvalue weighted by Gasteiger charge is 2.37. The molecular formula is C9H15BrN4O4S. The van der Waals surface area contributed by atoms with E-state index in [9.17, 15) is 13.2 Å². The van der Waals surface area contributed by atoms with E-state index >= 15 is 0 Å². The Hall–Kier alpha value is -1.00. The van der Waals surface area contributed by atoms with E-state index in [0.717, 1.165) is 4.68 Å². The molecular weight excluding hydrogens is 340 g/mol. The summed E-state index contributed by atoms with van der Waals surface area (Å²) in [4.78, 5) is 11.2. The summed E-state index contributed by atoms with van der Waals surface area (Å²) in [5.74, 6) is -1.25. The van der Waals surface area contributed by atoms with Crippen molar-refractivity contribution in [1.29, 1.82) is 0 Å². The van der Waals surface area contributed by atoms with Gasteiger partial charge in [-0.2, -0.15) is 4.72 Å². The largest absolute Gasteiger partial charge is 0.480 e. The molecule has 0 aromatic carbocycles. The zero-order valence-electron chi connectivity index (χ0n) is 10.9. The zero-order valence-corrected chi connectivity index (χ0v) is 13.3. The summed E-state index contributed by atoms with van der Waals surface area (Å²) >= 11 is 2.97. The van der Waals surface area contributed by atoms with Gasteiger partial charge in [-0.25, -0.2) is 13.1 Å². The molecule has 1 aromatic rings. The first-order valence-corrected chi connectivity index (χ1v) is 7.54. The second-order valence-electron chi connectivity index (χ2n) is 5.07. The minimum Gasteiger partial charge on any atom is -0.480 e. The van der Waals surface area contributed by atoms with E-state index in [2.05, 4.69) is 31.0 Å². The Bertz CT molecular complexity index is 570. The molecule has 0 fully saturated rings. The monoisotopic (exact) mass is 354 g/mol. The van der Waals surface area contributed by atoms with Crippen LogP contribution in [0.1, 0.15) is 20.8 Å². The smallest absolute Gasteiger partial charge is 0.322 e. The second-order valence-corrected chi connectivity index (χ2v) is 7.45. The van der Waals surface area contributed by atoms with Crippen LogP contribution in [0.4, 0.5) is 0 Å². The van der Waals surface area contributed by atoms with E-state index in [1.165, 1.54) is 7.05 Å². The topological polar surface area (TPSA) is 114 Å². The Morgan fingerprint density at radius 2 is 2.00 bits per heavy atom. The van der Waals surface area contributed by atoms with Crippen molar-refractivity contribution in [3.63, 3.8) is 0 Å². The Labute approximate surface area is 119 Å². The van der Waals surface area contributed by atoms with E-state index in [4.69, 9.17) is 5.11 Å². The first-order chi connectivity index (χ1) is 8.47. The predicted molar refractivity (Wildman–Crippen MR) is 69.9 cm³/mol. The van der Waals surface area contributed by atoms with Crippen LogP contribution in [0.15, 0.2) is 9.63 Å². The molecule has 0 unspecified atom stereocenters. The van der Waals surface area contributed by atoms with Gasteiger partial charge >= 0.3 is 5.97 Å². The van der Waals surface area contributed by atoms with Crippen LogP contribution in [0.2, 0.25) is 0 Å². The number of nitrogens with one attached hydrogen (secondary N) is 1. The highest BCUT2D eigenvalue weighted by atomic mass is 79.9. The van der Waals surface area contributed by atoms with Crippen LogP contribution in [-0.4, -0.2) is 40.5 Å². The quantitative estimate of drug-likeness (QED) is 0.806. The summed E-state index contributed by atoms with van der Waals surface area (Å²) in [5, 5.41) is 16.0. The van der Waals surface area contributed by atoms with Gasteiger partial charge in [-0.3, -0.25) is 4.79 Å². The third-order valence-corrected chi connectivity index (χ3v) is 4.69. The number of hydrogen-bond donors (Lipinski definition) is 2. The molecule has 0 spiro atoms. The molecule has 108 valence electrons. The third kappa shape index (κ3) is 3.51. The van der Waals surface area contributed by atoms with Gasteiger partial charge in [0.15, 0.2) is 4.60 Å². The summed E-state index contributed by atoms with van der Waals surface area (Å²) in [5.41, 5.74) is -0.780. The first kappa shape index (κ1) is 16.1. The number of aromatic nitrogens is 3. The van der Waals surface area contributed by atoms with Crippen molar-refractivity contribution in [2.45, 2.75) is 31.8 Å². The molecule has 1 aromatic heterocycles. The summed E-state index contributed by atoms with van der Waals surface area (Å²) in [6.07, 6.45) is 0. The maximum absolute atomic E-state index is 12.2. The summed E-state index contributed by atoms with van der Waals surface area (Å²) in [6.45, 7) is 4.89. The number of nitrogens with zero attached hydrogens (tertiary/aromatic N) is 3. The van der Waals surface area contributed by atoms with Crippen molar-refractivity contribution in [2.75, 3.05) is 0 Å². The summed E-state index contributed by atoms with van der Waals surface area (Å²) in [6, 6.07) is -1.26. The van der Waals surface area contributed by atoms with Crippen LogP contribution in [0.5, 0.6) is 0 Å². The molecule has 0 aliphatic heterocycles. The lowest BCUT2D eigenvalue weighted by Gasteiger charge is -2.27. The van der Waals surface area contributed by atoms with E-state index in [0.29, 0.717) is 0 Å². The Morgan fingerprint density at radius 1 is 1.47 bits per heavy atom. The van der Waals surface area contributed by atoms with Gasteiger partial charge in [0.05, 0.1) is 0 Å². The summed E-state index contributed by atoms with van der Waals surface area (Å²) < 4.78 is 27.6. The fourth-order valence-corrected chi connectivity index (χ4v) is 3.91. The number of halogens is 1. The number of carboxylic acid groups (broad SMARTS) is 1. The normalized spacial score (nSPS) is 14.4. The number of carboxylic acids is 1. The molecule has 0 saturated carbocycles. The van der Waals surface area contributed by atoms with Gasteiger partial charge in [0.25, 0.3) is 10.0 Å². The highest BCUT2D eigenvalue weighted by Crippen LogP contribution is 2.23. The molecule has 0 aliphatic carbocycles. The van der Waals surface area contributed by atoms with Crippen LogP contribution < -0.4 is 4.72 Å². The van der Waals surface area contributed by atoms with Crippen molar-refractivity contribution < 1.29 is 18.3 Å². The third-order valence-electron chi connectivity index (χ3n) is 2.38. The van der Waals surface area contributed by atoms with Crippen molar-refractivity contribution in [2.24, 2.45) is 12.5 Å². The minimum absolute atomic E-state index is 0.0283. The van der Waals surface area contributed by atoms with Crippen molar-refractivity contribution in [3.05, 3.63) is 4.60 Å². The van der Waals surface area contributed by atoms with Gasteiger partial charge in [-0.05, 0) is 21.3 Å². The number of carbonyl (C=O) groups is 1. The van der Waals surface area contributed by atoms with Crippen molar-refractivity contribution in [3.8, 4) is 0 Å². The average Bonchev–Trinajstić information content (AvgIpc) is 2.53. The maximum Gasteiger partial charge on any atom is 0.322 e. The van der Waals surface area contributed by atoms with Crippen LogP contribution >= 0.6 is 15.9 Å². The highest BCUT2D eigenvalue weighted by molar-refractivity contribution is 9.10. The number of hydrogen-bond acceptors (Lipinski definition) is 5. The van der Waals surface area contributed by atoms with Gasteiger partial charge in [-0.1, -0.05) is 26.0 Å². The van der Waals surface area contributed by atoms with Crippen LogP contribution in [-0.2, 0) is 21.9 Å². The fraction of sp³-hybridized carbons (Fsp3) is 0.667. The molecule has 0 amide bonds. The van der Waals surface area contributed by atoms with E-state index in [1.54, 1.807) is 20.8 Å². The number of aliphatic carboxylic acids is 1. The van der Waals surface area contributed by atoms with Gasteiger partial charge in [0, 0.05) is 7.05 Å². The minimum atomic E-state index is -4.05. The van der Waals surface area contributed by atoms with E-state index < -0.39 is 27.4 Å². The standard InChI is InChI=1S/C9H15BrN4O4S/c1-9(2,3)5(8(15)16)12-19(17,18)7-6(10)11-13-14(7)4/h5,12H,1-4H3,(H,15,16)/t5-/m1/s1. The van der Waals surface area contributed by atoms with Crippen molar-refractivity contribution in [1.82, 2.24) is 19.7 Å². The summed E-state index contributed by atoms with van der Waals surface area (Å²) in [7, 11) is -2.64. The predicted octanol–water partition coefficient (Wildman–Crippen LogP) is 0.355.